The standard InChI is InChI=1S/C23H30F3N3O4/c24-23(25,26)15-33-20-5-2-1-4-19(20)28-12-10-27(11-13-28)8-3-9-29-21(31)17-7-6-16(30)14-18(17)22(29)32/h1-2,4-5,16,30-32H,3,6-15H2. The first-order valence-electron chi connectivity index (χ1n) is 11.3. The Labute approximate surface area is 190 Å². The Balaban J connectivity index is 1.28. The molecule has 33 heavy (non-hydrogen) atoms. The Morgan fingerprint density at radius 1 is 0.970 bits per heavy atom. The molecule has 1 fully saturated rings. The number of aromatic hydroxyl groups is 2. The number of alkyl halides is 3. The van der Waals surface area contributed by atoms with Crippen LogP contribution in [0.4, 0.5) is 18.9 Å². The van der Waals surface area contributed by atoms with Crippen molar-refractivity contribution in [1.29, 1.82) is 0 Å². The van der Waals surface area contributed by atoms with Gasteiger partial charge in [-0.3, -0.25) is 9.47 Å². The van der Waals surface area contributed by atoms with Crippen LogP contribution in [-0.2, 0) is 19.4 Å². The number of hydrogen-bond donors (Lipinski definition) is 3. The van der Waals surface area contributed by atoms with E-state index < -0.39 is 18.9 Å². The molecular formula is C23H30F3N3O4. The monoisotopic (exact) mass is 469 g/mol. The van der Waals surface area contributed by atoms with Crippen LogP contribution in [0.1, 0.15) is 24.0 Å². The van der Waals surface area contributed by atoms with Crippen LogP contribution in [0.5, 0.6) is 17.5 Å². The molecule has 1 saturated heterocycles. The van der Waals surface area contributed by atoms with Crippen LogP contribution in [0.15, 0.2) is 24.3 Å². The lowest BCUT2D eigenvalue weighted by Gasteiger charge is -2.36. The van der Waals surface area contributed by atoms with E-state index >= 15 is 0 Å². The highest BCUT2D eigenvalue weighted by atomic mass is 19.4. The molecule has 1 aliphatic carbocycles. The summed E-state index contributed by atoms with van der Waals surface area (Å²) in [5.41, 5.74) is 2.04. The molecule has 10 heteroatoms. The zero-order valence-corrected chi connectivity index (χ0v) is 18.4. The third-order valence-electron chi connectivity index (χ3n) is 6.41. The van der Waals surface area contributed by atoms with Gasteiger partial charge in [0.05, 0.1) is 11.8 Å². The van der Waals surface area contributed by atoms with Gasteiger partial charge in [-0.1, -0.05) is 12.1 Å². The van der Waals surface area contributed by atoms with E-state index in [1.54, 1.807) is 24.3 Å². The summed E-state index contributed by atoms with van der Waals surface area (Å²) >= 11 is 0. The van der Waals surface area contributed by atoms with Crippen molar-refractivity contribution in [2.45, 2.75) is 44.5 Å². The van der Waals surface area contributed by atoms with Crippen molar-refractivity contribution in [2.24, 2.45) is 0 Å². The van der Waals surface area contributed by atoms with Gasteiger partial charge in [0.15, 0.2) is 18.4 Å². The number of benzene rings is 1. The molecule has 182 valence electrons. The highest BCUT2D eigenvalue weighted by Crippen LogP contribution is 2.39. The van der Waals surface area contributed by atoms with Gasteiger partial charge in [0, 0.05) is 50.3 Å². The van der Waals surface area contributed by atoms with E-state index in [1.165, 1.54) is 4.57 Å². The molecule has 1 aliphatic heterocycles. The molecule has 2 aliphatic rings. The number of aromatic nitrogens is 1. The van der Waals surface area contributed by atoms with Gasteiger partial charge in [0.1, 0.15) is 5.75 Å². The van der Waals surface area contributed by atoms with Crippen LogP contribution in [-0.4, -0.2) is 76.4 Å². The third-order valence-corrected chi connectivity index (χ3v) is 6.41. The number of aliphatic hydroxyl groups excluding tert-OH is 1. The fourth-order valence-electron chi connectivity index (χ4n) is 4.70. The highest BCUT2D eigenvalue weighted by molar-refractivity contribution is 5.58. The SMILES string of the molecule is Oc1c2c(c(O)n1CCCN1CCN(c3ccccc3OCC(F)(F)F)CC1)CC(O)CC2. The van der Waals surface area contributed by atoms with E-state index in [-0.39, 0.29) is 17.5 Å². The minimum atomic E-state index is -4.38. The summed E-state index contributed by atoms with van der Waals surface area (Å²) in [4.78, 5) is 4.29. The second kappa shape index (κ2) is 9.72. The maximum absolute atomic E-state index is 12.6. The number of para-hydroxylation sites is 2. The molecule has 7 nitrogen and oxygen atoms in total. The van der Waals surface area contributed by atoms with Crippen molar-refractivity contribution in [3.8, 4) is 17.5 Å². The summed E-state index contributed by atoms with van der Waals surface area (Å²) in [5.74, 6) is 0.368. The maximum Gasteiger partial charge on any atom is 0.422 e. The molecule has 0 spiro atoms. The van der Waals surface area contributed by atoms with Crippen molar-refractivity contribution in [2.75, 3.05) is 44.2 Å². The molecule has 0 radical (unpaired) electrons. The Bertz CT molecular complexity index is 955. The molecule has 1 aromatic carbocycles. The second-order valence-corrected chi connectivity index (χ2v) is 8.71. The number of rotatable bonds is 7. The van der Waals surface area contributed by atoms with Gasteiger partial charge in [-0.2, -0.15) is 13.2 Å². The van der Waals surface area contributed by atoms with E-state index in [0.29, 0.717) is 50.1 Å². The molecular weight excluding hydrogens is 439 g/mol. The number of anilines is 1. The van der Waals surface area contributed by atoms with Crippen molar-refractivity contribution >= 4 is 5.69 Å². The summed E-state index contributed by atoms with van der Waals surface area (Å²) < 4.78 is 44.2. The minimum absolute atomic E-state index is 0.0431. The van der Waals surface area contributed by atoms with Crippen LogP contribution in [0.3, 0.4) is 0 Å². The molecule has 4 rings (SSSR count). The number of halogens is 3. The van der Waals surface area contributed by atoms with Crippen LogP contribution >= 0.6 is 0 Å². The Morgan fingerprint density at radius 3 is 2.39 bits per heavy atom. The lowest BCUT2D eigenvalue weighted by molar-refractivity contribution is -0.153. The number of aliphatic hydroxyl groups is 1. The maximum atomic E-state index is 12.6. The molecule has 0 saturated carbocycles. The predicted molar refractivity (Wildman–Crippen MR) is 117 cm³/mol. The molecule has 2 heterocycles. The van der Waals surface area contributed by atoms with Gasteiger partial charge >= 0.3 is 6.18 Å². The lowest BCUT2D eigenvalue weighted by atomic mass is 9.93. The molecule has 1 unspecified atom stereocenters. The van der Waals surface area contributed by atoms with E-state index in [1.807, 2.05) is 4.90 Å². The van der Waals surface area contributed by atoms with Gasteiger partial charge in [0.25, 0.3) is 0 Å². The third kappa shape index (κ3) is 5.50. The van der Waals surface area contributed by atoms with Gasteiger partial charge in [-0.25, -0.2) is 0 Å². The fraction of sp³-hybridized carbons (Fsp3) is 0.565. The van der Waals surface area contributed by atoms with Gasteiger partial charge in [0.2, 0.25) is 0 Å². The van der Waals surface area contributed by atoms with Crippen molar-refractivity contribution in [3.63, 3.8) is 0 Å². The lowest BCUT2D eigenvalue weighted by Crippen LogP contribution is -2.46. The molecule has 1 aromatic heterocycles. The summed E-state index contributed by atoms with van der Waals surface area (Å²) in [5, 5.41) is 30.8. The van der Waals surface area contributed by atoms with Crippen LogP contribution < -0.4 is 9.64 Å². The zero-order valence-electron chi connectivity index (χ0n) is 18.4. The fourth-order valence-corrected chi connectivity index (χ4v) is 4.70. The largest absolute Gasteiger partial charge is 0.494 e. The molecule has 0 bridgehead atoms. The Morgan fingerprint density at radius 2 is 1.67 bits per heavy atom. The van der Waals surface area contributed by atoms with Crippen LogP contribution in [0.25, 0.3) is 0 Å². The molecule has 3 N–H and O–H groups in total. The number of ether oxygens (including phenoxy) is 1. The molecule has 1 atom stereocenters. The summed E-state index contributed by atoms with van der Waals surface area (Å²) in [6.07, 6.45) is -2.65. The first-order valence-corrected chi connectivity index (χ1v) is 11.3. The smallest absolute Gasteiger partial charge is 0.422 e. The number of fused-ring (bicyclic) bond motifs is 1. The van der Waals surface area contributed by atoms with E-state index in [4.69, 9.17) is 4.74 Å². The van der Waals surface area contributed by atoms with Gasteiger partial charge in [-0.05, 0) is 37.9 Å². The zero-order chi connectivity index (χ0) is 23.6. The minimum Gasteiger partial charge on any atom is -0.494 e. The van der Waals surface area contributed by atoms with E-state index in [9.17, 15) is 28.5 Å². The van der Waals surface area contributed by atoms with Crippen LogP contribution in [0.2, 0.25) is 0 Å². The normalized spacial score (nSPS) is 19.5. The quantitative estimate of drug-likeness (QED) is 0.579. The predicted octanol–water partition coefficient (Wildman–Crippen LogP) is 2.90. The second-order valence-electron chi connectivity index (χ2n) is 8.71. The summed E-state index contributed by atoms with van der Waals surface area (Å²) in [6.45, 7) is 2.75. The first kappa shape index (κ1) is 23.6. The number of piperazine rings is 1. The van der Waals surface area contributed by atoms with Crippen LogP contribution in [0, 0.1) is 0 Å². The van der Waals surface area contributed by atoms with Gasteiger partial charge in [-0.15, -0.1) is 0 Å². The van der Waals surface area contributed by atoms with Gasteiger partial charge < -0.3 is 25.0 Å². The molecule has 2 aromatic rings. The summed E-state index contributed by atoms with van der Waals surface area (Å²) in [6, 6.07) is 6.78. The molecule has 0 amide bonds. The Kier molecular flexibility index (Phi) is 6.94. The van der Waals surface area contributed by atoms with Crippen molar-refractivity contribution < 1.29 is 33.2 Å². The van der Waals surface area contributed by atoms with E-state index in [0.717, 1.165) is 31.6 Å². The topological polar surface area (TPSA) is 81.3 Å². The summed E-state index contributed by atoms with van der Waals surface area (Å²) in [7, 11) is 0. The highest BCUT2D eigenvalue weighted by Gasteiger charge is 2.30. The van der Waals surface area contributed by atoms with Crippen molar-refractivity contribution in [1.82, 2.24) is 9.47 Å². The number of nitrogens with zero attached hydrogens (tertiary/aromatic N) is 3. The van der Waals surface area contributed by atoms with Crippen molar-refractivity contribution in [3.05, 3.63) is 35.4 Å². The number of hydrogen-bond acceptors (Lipinski definition) is 6. The van der Waals surface area contributed by atoms with E-state index in [2.05, 4.69) is 4.90 Å². The average molecular weight is 470 g/mol. The Hall–Kier alpha value is -2.59. The average Bonchev–Trinajstić information content (AvgIpc) is 3.02. The first-order chi connectivity index (χ1) is 15.7.